The van der Waals surface area contributed by atoms with Gasteiger partial charge in [0.2, 0.25) is 0 Å². The number of carbonyl (C=O) groups excluding carboxylic acids is 2. The second-order valence-electron chi connectivity index (χ2n) is 6.10. The van der Waals surface area contributed by atoms with Crippen molar-refractivity contribution in [3.63, 3.8) is 0 Å². The molecule has 0 saturated carbocycles. The lowest BCUT2D eigenvalue weighted by Gasteiger charge is -2.22. The first kappa shape index (κ1) is 22.5. The molecule has 0 saturated heterocycles. The average Bonchev–Trinajstić information content (AvgIpc) is 2.34. The van der Waals surface area contributed by atoms with Gasteiger partial charge < -0.3 is 19.9 Å². The molecule has 0 unspecified atom stereocenters. The van der Waals surface area contributed by atoms with Gasteiger partial charge in [-0.1, -0.05) is 20.8 Å². The van der Waals surface area contributed by atoms with Gasteiger partial charge in [-0.15, -0.1) is 0 Å². The number of aliphatic carboxylic acids is 1. The smallest absolute Gasteiger partial charge is 0.408 e. The highest BCUT2D eigenvalue weighted by Gasteiger charge is 2.24. The van der Waals surface area contributed by atoms with Crippen LogP contribution in [0.4, 0.5) is 4.79 Å². The van der Waals surface area contributed by atoms with Gasteiger partial charge in [0, 0.05) is 6.42 Å². The minimum absolute atomic E-state index is 0.157. The van der Waals surface area contributed by atoms with Crippen LogP contribution in [0.1, 0.15) is 54.4 Å². The van der Waals surface area contributed by atoms with E-state index in [0.29, 0.717) is 12.8 Å². The molecule has 130 valence electrons. The second-order valence-corrected chi connectivity index (χ2v) is 6.10. The number of carbonyl (C=O) groups is 3. The number of hydrogen-bond donors (Lipinski definition) is 2. The van der Waals surface area contributed by atoms with Crippen molar-refractivity contribution in [2.24, 2.45) is 5.92 Å². The molecule has 0 spiro atoms. The van der Waals surface area contributed by atoms with Crippen LogP contribution in [0.15, 0.2) is 0 Å². The number of methoxy groups -OCH3 is 1. The lowest BCUT2D eigenvalue weighted by atomic mass is 10.0. The maximum absolute atomic E-state index is 11.4. The molecule has 7 heteroatoms. The standard InChI is InChI=1S/C11H21NO4.C4H8O2/c1-7(2)6-8(9(13)14)12-10(15)16-11(3,4)5;1-3-4(5)6-2/h7-8H,6H2,1-5H3,(H,12,15)(H,13,14);3H2,1-2H3/t8-;/m0./s1. The summed E-state index contributed by atoms with van der Waals surface area (Å²) >= 11 is 0. The van der Waals surface area contributed by atoms with Crippen molar-refractivity contribution in [3.05, 3.63) is 0 Å². The van der Waals surface area contributed by atoms with E-state index in [1.165, 1.54) is 7.11 Å². The predicted molar refractivity (Wildman–Crippen MR) is 82.6 cm³/mol. The van der Waals surface area contributed by atoms with Gasteiger partial charge in [-0.2, -0.15) is 0 Å². The molecule has 0 radical (unpaired) electrons. The van der Waals surface area contributed by atoms with Gasteiger partial charge in [0.25, 0.3) is 0 Å². The number of rotatable bonds is 5. The fourth-order valence-corrected chi connectivity index (χ4v) is 1.29. The molecule has 0 fully saturated rings. The number of esters is 1. The normalized spacial score (nSPS) is 11.8. The monoisotopic (exact) mass is 319 g/mol. The highest BCUT2D eigenvalue weighted by molar-refractivity contribution is 5.79. The van der Waals surface area contributed by atoms with Crippen molar-refractivity contribution in [2.75, 3.05) is 7.11 Å². The molecule has 0 heterocycles. The van der Waals surface area contributed by atoms with Gasteiger partial charge in [0.1, 0.15) is 11.6 Å². The maximum atomic E-state index is 11.4. The number of nitrogens with one attached hydrogen (secondary N) is 1. The summed E-state index contributed by atoms with van der Waals surface area (Å²) in [5.41, 5.74) is -0.620. The zero-order valence-corrected chi connectivity index (χ0v) is 14.6. The Morgan fingerprint density at radius 3 is 1.91 bits per heavy atom. The predicted octanol–water partition coefficient (Wildman–Crippen LogP) is 2.58. The Hall–Kier alpha value is -1.79. The van der Waals surface area contributed by atoms with Crippen molar-refractivity contribution in [1.29, 1.82) is 0 Å². The molecule has 0 bridgehead atoms. The minimum Gasteiger partial charge on any atom is -0.480 e. The van der Waals surface area contributed by atoms with Gasteiger partial charge in [-0.25, -0.2) is 9.59 Å². The highest BCUT2D eigenvalue weighted by atomic mass is 16.6. The van der Waals surface area contributed by atoms with E-state index in [2.05, 4.69) is 10.1 Å². The van der Waals surface area contributed by atoms with Crippen LogP contribution in [-0.4, -0.2) is 41.9 Å². The van der Waals surface area contributed by atoms with E-state index in [9.17, 15) is 14.4 Å². The van der Waals surface area contributed by atoms with Crippen LogP contribution < -0.4 is 5.32 Å². The Balaban J connectivity index is 0. The quantitative estimate of drug-likeness (QED) is 0.755. The lowest BCUT2D eigenvalue weighted by Crippen LogP contribution is -2.44. The van der Waals surface area contributed by atoms with Crippen molar-refractivity contribution >= 4 is 18.0 Å². The molecule has 2 N–H and O–H groups in total. The summed E-state index contributed by atoms with van der Waals surface area (Å²) in [6.45, 7) is 10.7. The number of amides is 1. The second kappa shape index (κ2) is 10.9. The Labute approximate surface area is 132 Å². The largest absolute Gasteiger partial charge is 0.480 e. The topological polar surface area (TPSA) is 102 Å². The molecular weight excluding hydrogens is 290 g/mol. The molecule has 0 aromatic rings. The van der Waals surface area contributed by atoms with Gasteiger partial charge in [0.15, 0.2) is 0 Å². The SMILES string of the molecule is CC(C)C[C@H](NC(=O)OC(C)(C)C)C(=O)O.CCC(=O)OC. The first-order chi connectivity index (χ1) is 9.92. The third-order valence-electron chi connectivity index (χ3n) is 2.21. The third kappa shape index (κ3) is 14.6. The fourth-order valence-electron chi connectivity index (χ4n) is 1.29. The van der Waals surface area contributed by atoms with E-state index in [-0.39, 0.29) is 11.9 Å². The highest BCUT2D eigenvalue weighted by Crippen LogP contribution is 2.09. The van der Waals surface area contributed by atoms with E-state index < -0.39 is 23.7 Å². The van der Waals surface area contributed by atoms with Gasteiger partial charge in [0.05, 0.1) is 7.11 Å². The van der Waals surface area contributed by atoms with Crippen LogP contribution in [0.25, 0.3) is 0 Å². The molecular formula is C15H29NO6. The summed E-state index contributed by atoms with van der Waals surface area (Å²) in [7, 11) is 1.38. The summed E-state index contributed by atoms with van der Waals surface area (Å²) in [6, 6.07) is -0.894. The van der Waals surface area contributed by atoms with Crippen LogP contribution >= 0.6 is 0 Å². The first-order valence-electron chi connectivity index (χ1n) is 7.22. The third-order valence-corrected chi connectivity index (χ3v) is 2.21. The fraction of sp³-hybridized carbons (Fsp3) is 0.800. The number of ether oxygens (including phenoxy) is 2. The molecule has 0 aromatic heterocycles. The van der Waals surface area contributed by atoms with Gasteiger partial charge in [-0.3, -0.25) is 4.79 Å². The van der Waals surface area contributed by atoms with Gasteiger partial charge >= 0.3 is 18.0 Å². The summed E-state index contributed by atoms with van der Waals surface area (Å²) in [6.07, 6.45) is 0.158. The molecule has 7 nitrogen and oxygen atoms in total. The van der Waals surface area contributed by atoms with Crippen LogP contribution in [0.3, 0.4) is 0 Å². The Morgan fingerprint density at radius 1 is 1.18 bits per heavy atom. The summed E-state index contributed by atoms with van der Waals surface area (Å²) in [4.78, 5) is 32.2. The van der Waals surface area contributed by atoms with Crippen LogP contribution in [0.5, 0.6) is 0 Å². The van der Waals surface area contributed by atoms with Crippen molar-refractivity contribution in [2.45, 2.75) is 66.0 Å². The molecule has 0 aliphatic carbocycles. The zero-order valence-electron chi connectivity index (χ0n) is 14.6. The first-order valence-corrected chi connectivity index (χ1v) is 7.22. The van der Waals surface area contributed by atoms with E-state index in [4.69, 9.17) is 9.84 Å². The summed E-state index contributed by atoms with van der Waals surface area (Å²) < 4.78 is 9.25. The van der Waals surface area contributed by atoms with E-state index in [1.807, 2.05) is 13.8 Å². The van der Waals surface area contributed by atoms with Crippen molar-refractivity contribution < 1.29 is 29.0 Å². The molecule has 0 aromatic carbocycles. The van der Waals surface area contributed by atoms with E-state index in [1.54, 1.807) is 27.7 Å². The van der Waals surface area contributed by atoms with Crippen LogP contribution in [0.2, 0.25) is 0 Å². The molecule has 0 rings (SSSR count). The number of carboxylic acid groups (broad SMARTS) is 1. The Morgan fingerprint density at radius 2 is 1.68 bits per heavy atom. The lowest BCUT2D eigenvalue weighted by molar-refractivity contribution is -0.140. The molecule has 22 heavy (non-hydrogen) atoms. The zero-order chi connectivity index (χ0) is 17.9. The van der Waals surface area contributed by atoms with E-state index in [0.717, 1.165) is 0 Å². The maximum Gasteiger partial charge on any atom is 0.408 e. The summed E-state index contributed by atoms with van der Waals surface area (Å²) in [5, 5.41) is 11.2. The molecule has 0 aliphatic heterocycles. The molecule has 0 aliphatic rings. The Kier molecular flexibility index (Phi) is 11.1. The summed E-state index contributed by atoms with van der Waals surface area (Å²) in [5.74, 6) is -1.01. The number of alkyl carbamates (subject to hydrolysis) is 1. The minimum atomic E-state index is -1.04. The number of hydrogen-bond acceptors (Lipinski definition) is 5. The molecule has 1 amide bonds. The van der Waals surface area contributed by atoms with Crippen molar-refractivity contribution in [3.8, 4) is 0 Å². The average molecular weight is 319 g/mol. The Bertz CT molecular complexity index is 354. The van der Waals surface area contributed by atoms with Crippen molar-refractivity contribution in [1.82, 2.24) is 5.32 Å². The number of carboxylic acids is 1. The van der Waals surface area contributed by atoms with Gasteiger partial charge in [-0.05, 0) is 33.1 Å². The van der Waals surface area contributed by atoms with Crippen LogP contribution in [0, 0.1) is 5.92 Å². The molecule has 1 atom stereocenters. The van der Waals surface area contributed by atoms with E-state index >= 15 is 0 Å². The van der Waals surface area contributed by atoms with Crippen LogP contribution in [-0.2, 0) is 19.1 Å².